The minimum absolute atomic E-state index is 0. The van der Waals surface area contributed by atoms with Gasteiger partial charge >= 0.3 is 42.0 Å². The number of urea groups is 3. The van der Waals surface area contributed by atoms with Crippen molar-refractivity contribution in [1.29, 1.82) is 0 Å². The molecule has 3 atom stereocenters. The molecule has 36 heteroatoms. The van der Waals surface area contributed by atoms with Gasteiger partial charge in [0.05, 0.1) is 33.4 Å². The third kappa shape index (κ3) is 23.8. The number of carbonyl (C=O) groups excluding carboxylic acids is 13. The highest BCUT2D eigenvalue weighted by molar-refractivity contribution is 6.19. The molecule has 6 saturated heterocycles. The van der Waals surface area contributed by atoms with E-state index in [1.165, 1.54) is 96.5 Å². The second-order valence-corrected chi connectivity index (χ2v) is 34.4. The van der Waals surface area contributed by atoms with Crippen molar-refractivity contribution in [2.24, 2.45) is 17.8 Å². The lowest BCUT2D eigenvalue weighted by molar-refractivity contribution is -0.140. The van der Waals surface area contributed by atoms with Gasteiger partial charge in [0, 0.05) is 71.5 Å². The molecule has 136 heavy (non-hydrogen) atoms. The number of carboxylic acids is 2. The number of rotatable bonds is 22. The van der Waals surface area contributed by atoms with E-state index in [4.69, 9.17) is 19.7 Å². The van der Waals surface area contributed by atoms with Crippen LogP contribution in [-0.4, -0.2) is 231 Å². The van der Waals surface area contributed by atoms with E-state index in [1.807, 2.05) is 60.7 Å². The number of likely N-dealkylation sites (N-methyl/N-ethyl adjacent to an activating group) is 3. The molecule has 724 valence electrons. The Morgan fingerprint density at radius 2 is 0.669 bits per heavy atom. The zero-order chi connectivity index (χ0) is 98.1. The van der Waals surface area contributed by atoms with E-state index in [9.17, 15) is 90.2 Å². The second-order valence-electron chi connectivity index (χ2n) is 34.4. The maximum Gasteiger partial charge on any atom is 0.338 e. The summed E-state index contributed by atoms with van der Waals surface area (Å²) in [6.45, 7) is 18.0. The number of aromatic carboxylic acids is 1. The molecule has 6 aliphatic rings. The Labute approximate surface area is 793 Å². The zero-order valence-corrected chi connectivity index (χ0v) is 78.0. The molecule has 0 bridgehead atoms. The van der Waals surface area contributed by atoms with Crippen LogP contribution in [0.2, 0.25) is 0 Å². The van der Waals surface area contributed by atoms with Gasteiger partial charge in [-0.1, -0.05) is 145 Å². The Bertz CT molecular complexity index is 5720. The number of carbonyl (C=O) groups is 15. The summed E-state index contributed by atoms with van der Waals surface area (Å²) in [5, 5.41) is 36.1. The van der Waals surface area contributed by atoms with Gasteiger partial charge in [0.15, 0.2) is 0 Å². The number of hydrogen-bond acceptors (Lipinski definition) is 19. The highest BCUT2D eigenvalue weighted by Gasteiger charge is 2.61. The van der Waals surface area contributed by atoms with Crippen LogP contribution in [0.25, 0.3) is 0 Å². The van der Waals surface area contributed by atoms with Crippen LogP contribution in [0.1, 0.15) is 177 Å². The van der Waals surface area contributed by atoms with E-state index in [1.54, 1.807) is 144 Å². The van der Waals surface area contributed by atoms with E-state index >= 15 is 0 Å². The molecule has 0 aliphatic carbocycles. The van der Waals surface area contributed by atoms with Gasteiger partial charge in [0.1, 0.15) is 65.4 Å². The van der Waals surface area contributed by atoms with Crippen molar-refractivity contribution in [2.75, 3.05) is 82.2 Å². The number of carboxylic acid groups (broad SMARTS) is 2. The van der Waals surface area contributed by atoms with Crippen LogP contribution in [0.4, 0.5) is 44.6 Å². The fourth-order valence-corrected chi connectivity index (χ4v) is 16.8. The van der Waals surface area contributed by atoms with Crippen LogP contribution >= 0.6 is 12.4 Å². The molecule has 6 fully saturated rings. The Morgan fingerprint density at radius 3 is 0.941 bits per heavy atom. The maximum absolute atomic E-state index is 14.4. The molecule has 6 heterocycles. The standard InChI is InChI=1S/C35H37FN4O6.C28H31FN4O6.C22H23N3O4.C13H16FNO3.CH4O.CH4.ClH/c1-22(2)29(37-30(41)27-20-23(3)10-15-28(27)36)31(42)39-18-16-35(17-19-39)33(44)38(4)34(45)40(35)26-13-11-25(12-14-26)32(43)46-21-24-8-6-5-7-9-24;1-16(2)22(30-23(34)20-15-17(3)5-10-21(20)29)24(35)32-13-11-28(12-14-32)26(38)31(4)27(39)33(28)19-8-6-18(7-9-19)25(36)37;1-24-20(27)22(11-13-23-14-12-22)25(21(24)28)18-9-7-17(8-10-18)19(26)29-15-16-5-3-2-4-6-16;1-7(2)11(13(17)18)15-12(16)9-6-8(3)4-5-10(9)14;1-2;;/h5-15,20,22,29H,16-19,21H2,1-4H3,(H,37,41);5-10,15-16,22H,11-14H2,1-4H3,(H,30,34)(H,36,37);2-10,23H,11-15H2,1H3;4-7,11H,1-3H3,(H,15,16)(H,17,18);2H,1H3;1H4;1H/t29-;22-;;11-;;;/m11.1.../s1. The predicted octanol–water partition coefficient (Wildman–Crippen LogP) is 13.0. The van der Waals surface area contributed by atoms with Crippen LogP contribution in [0.15, 0.2) is 188 Å². The third-order valence-electron chi connectivity index (χ3n) is 24.3. The number of esters is 2. The fraction of sp³-hybridized carbons (Fsp3) is 0.370. The Kier molecular flexibility index (Phi) is 36.8. The van der Waals surface area contributed by atoms with Crippen LogP contribution in [0.5, 0.6) is 0 Å². The van der Waals surface area contributed by atoms with Crippen LogP contribution < -0.4 is 36.0 Å². The number of amides is 14. The van der Waals surface area contributed by atoms with Crippen molar-refractivity contribution in [3.8, 4) is 0 Å². The molecule has 0 radical (unpaired) electrons. The van der Waals surface area contributed by atoms with Gasteiger partial charge in [-0.2, -0.15) is 0 Å². The Balaban J connectivity index is 0.000000230. The number of likely N-dealkylation sites (tertiary alicyclic amines) is 2. The summed E-state index contributed by atoms with van der Waals surface area (Å²) < 4.78 is 52.9. The zero-order valence-electron chi connectivity index (χ0n) is 77.2. The molecular formula is C100H116ClF3N12O20. The molecular weight excluding hydrogens is 1780 g/mol. The predicted molar refractivity (Wildman–Crippen MR) is 503 cm³/mol. The number of aliphatic hydroxyl groups excluding tert-OH is 1. The summed E-state index contributed by atoms with van der Waals surface area (Å²) in [5.74, 6) is -9.81. The Morgan fingerprint density at radius 1 is 0.397 bits per heavy atom. The summed E-state index contributed by atoms with van der Waals surface area (Å²) in [7, 11) is 5.34. The number of nitrogens with one attached hydrogen (secondary N) is 4. The first-order chi connectivity index (χ1) is 63.6. The summed E-state index contributed by atoms with van der Waals surface area (Å²) in [4.78, 5) is 202. The average Bonchev–Trinajstić information content (AvgIpc) is 1.45. The molecule has 8 aromatic carbocycles. The number of anilines is 3. The van der Waals surface area contributed by atoms with Crippen molar-refractivity contribution in [3.05, 3.63) is 267 Å². The number of ether oxygens (including phenoxy) is 2. The molecule has 8 aromatic rings. The summed E-state index contributed by atoms with van der Waals surface area (Å²) in [6.07, 6.45) is 1.75. The molecule has 14 rings (SSSR count). The van der Waals surface area contributed by atoms with E-state index in [0.717, 1.165) is 33.6 Å². The summed E-state index contributed by atoms with van der Waals surface area (Å²) in [5.41, 5.74) is 2.37. The second kappa shape index (κ2) is 46.6. The largest absolute Gasteiger partial charge is 0.480 e. The van der Waals surface area contributed by atoms with Crippen LogP contribution in [0, 0.1) is 56.0 Å². The lowest BCUT2D eigenvalue weighted by Gasteiger charge is -2.43. The van der Waals surface area contributed by atoms with E-state index in [-0.39, 0.29) is 155 Å². The van der Waals surface area contributed by atoms with Gasteiger partial charge in [0.2, 0.25) is 11.8 Å². The number of nitrogens with zero attached hydrogens (tertiary/aromatic N) is 8. The van der Waals surface area contributed by atoms with E-state index < -0.39 is 112 Å². The summed E-state index contributed by atoms with van der Waals surface area (Å²) in [6, 6.07) is 45.7. The minimum Gasteiger partial charge on any atom is -0.480 e. The monoisotopic (exact) mass is 1900 g/mol. The highest BCUT2D eigenvalue weighted by Crippen LogP contribution is 2.44. The van der Waals surface area contributed by atoms with Crippen molar-refractivity contribution >= 4 is 119 Å². The molecule has 0 unspecified atom stereocenters. The molecule has 7 N–H and O–H groups in total. The van der Waals surface area contributed by atoms with Gasteiger partial charge in [-0.15, -0.1) is 12.4 Å². The number of halogens is 4. The maximum atomic E-state index is 14.4. The molecule has 0 aromatic heterocycles. The van der Waals surface area contributed by atoms with Crippen molar-refractivity contribution < 1.29 is 110 Å². The smallest absolute Gasteiger partial charge is 0.338 e. The van der Waals surface area contributed by atoms with Crippen LogP contribution in [0.3, 0.4) is 0 Å². The lowest BCUT2D eigenvalue weighted by Crippen LogP contribution is -2.60. The molecule has 0 saturated carbocycles. The van der Waals surface area contributed by atoms with Gasteiger partial charge < -0.3 is 55.9 Å². The van der Waals surface area contributed by atoms with E-state index in [0.29, 0.717) is 65.2 Å². The topological polar surface area (TPSA) is 409 Å². The molecule has 14 amide bonds. The number of aryl methyl sites for hydroxylation is 3. The number of aliphatic hydroxyl groups is 1. The van der Waals surface area contributed by atoms with Crippen molar-refractivity contribution in [1.82, 2.24) is 45.8 Å². The molecule has 6 aliphatic heterocycles. The first kappa shape index (κ1) is 107. The molecule has 3 spiro atoms. The lowest BCUT2D eigenvalue weighted by atomic mass is 9.85. The van der Waals surface area contributed by atoms with Crippen molar-refractivity contribution in [2.45, 2.75) is 156 Å². The summed E-state index contributed by atoms with van der Waals surface area (Å²) >= 11 is 0. The number of imide groups is 3. The molecule has 32 nitrogen and oxygen atoms in total. The number of benzene rings is 8. The minimum atomic E-state index is -1.23. The number of piperidine rings is 3. The fourth-order valence-electron chi connectivity index (χ4n) is 16.8. The van der Waals surface area contributed by atoms with E-state index in [2.05, 4.69) is 21.3 Å². The Hall–Kier alpha value is -14.2. The number of hydrogen-bond donors (Lipinski definition) is 7. The van der Waals surface area contributed by atoms with Gasteiger partial charge in [-0.3, -0.25) is 67.8 Å². The van der Waals surface area contributed by atoms with Crippen molar-refractivity contribution in [3.63, 3.8) is 0 Å². The normalized spacial score (nSPS) is 16.3. The number of aliphatic carboxylic acids is 1. The van der Waals surface area contributed by atoms with Crippen LogP contribution in [-0.2, 0) is 51.5 Å². The average molecular weight is 1900 g/mol. The highest BCUT2D eigenvalue weighted by atomic mass is 35.5. The first-order valence-electron chi connectivity index (χ1n) is 43.6. The quantitative estimate of drug-likeness (QED) is 0.0245. The SMILES string of the molecule is C.CN1C(=O)N(c2ccc(C(=O)OCc3ccccc3)cc2)C2(CCNCC2)C1=O.CO.Cc1ccc(F)c(C(=O)N[C@@H](C(=O)N2CCC3(CC2)C(=O)N(C)C(=O)N3c2ccc(C(=O)O)cc2)C(C)C)c1.Cc1ccc(F)c(C(=O)N[C@@H](C(=O)N2CCC3(CC2)C(=O)N(C)C(=O)N3c2ccc(C(=O)OCc3ccccc3)cc2)C(C)C)c1.Cc1ccc(F)c(C(=O)N[C@@H](C(=O)O)C(C)C)c1.Cl. The third-order valence-corrected chi connectivity index (χ3v) is 24.3. The first-order valence-corrected chi connectivity index (χ1v) is 43.6. The van der Waals surface area contributed by atoms with Gasteiger partial charge in [-0.25, -0.2) is 46.7 Å². The van der Waals surface area contributed by atoms with Gasteiger partial charge in [0.25, 0.3) is 35.4 Å². The van der Waals surface area contributed by atoms with Gasteiger partial charge in [-0.05, 0) is 210 Å².